The second kappa shape index (κ2) is 6.91. The molecule has 23 heavy (non-hydrogen) atoms. The number of hydrogen-bond donors (Lipinski definition) is 2. The van der Waals surface area contributed by atoms with Gasteiger partial charge in [-0.05, 0) is 29.9 Å². The average Bonchev–Trinajstić information content (AvgIpc) is 2.43. The molecule has 0 heterocycles. The van der Waals surface area contributed by atoms with E-state index in [1.165, 1.54) is 0 Å². The van der Waals surface area contributed by atoms with Crippen molar-refractivity contribution in [3.05, 3.63) is 28.8 Å². The van der Waals surface area contributed by atoms with Gasteiger partial charge in [0.15, 0.2) is 0 Å². The minimum Gasteiger partial charge on any atom is -0.496 e. The van der Waals surface area contributed by atoms with Crippen LogP contribution in [0.2, 0.25) is 0 Å². The van der Waals surface area contributed by atoms with Crippen LogP contribution in [0, 0.1) is 0 Å². The van der Waals surface area contributed by atoms with Crippen molar-refractivity contribution < 1.29 is 9.53 Å². The molecule has 130 valence electrons. The predicted octanol–water partition coefficient (Wildman–Crippen LogP) is 3.37. The lowest BCUT2D eigenvalue weighted by Crippen LogP contribution is -2.38. The van der Waals surface area contributed by atoms with Gasteiger partial charge < -0.3 is 15.8 Å². The van der Waals surface area contributed by atoms with Crippen LogP contribution in [0.1, 0.15) is 70.0 Å². The third-order valence-electron chi connectivity index (χ3n) is 3.90. The van der Waals surface area contributed by atoms with Crippen LogP contribution in [0.4, 0.5) is 0 Å². The Labute approximate surface area is 140 Å². The fraction of sp³-hybridized carbons (Fsp3) is 0.632. The molecule has 1 unspecified atom stereocenters. The van der Waals surface area contributed by atoms with Crippen molar-refractivity contribution in [1.82, 2.24) is 5.32 Å². The first kappa shape index (κ1) is 19.5. The highest BCUT2D eigenvalue weighted by atomic mass is 16.5. The molecule has 0 saturated carbocycles. The topological polar surface area (TPSA) is 64.3 Å². The second-order valence-electron chi connectivity index (χ2n) is 8.21. The second-order valence-corrected chi connectivity index (χ2v) is 8.21. The van der Waals surface area contributed by atoms with E-state index in [0.717, 1.165) is 16.9 Å². The Balaban J connectivity index is 3.53. The van der Waals surface area contributed by atoms with Crippen molar-refractivity contribution in [3.8, 4) is 5.75 Å². The van der Waals surface area contributed by atoms with Crippen molar-refractivity contribution in [2.24, 2.45) is 5.73 Å². The lowest BCUT2D eigenvalue weighted by Gasteiger charge is -2.30. The lowest BCUT2D eigenvalue weighted by molar-refractivity contribution is 0.0941. The van der Waals surface area contributed by atoms with Crippen LogP contribution >= 0.6 is 0 Å². The molecule has 3 N–H and O–H groups in total. The summed E-state index contributed by atoms with van der Waals surface area (Å²) >= 11 is 0. The molecule has 0 aliphatic heterocycles. The Kier molecular flexibility index (Phi) is 5.86. The van der Waals surface area contributed by atoms with E-state index in [2.05, 4.69) is 46.9 Å². The fourth-order valence-electron chi connectivity index (χ4n) is 2.46. The van der Waals surface area contributed by atoms with Gasteiger partial charge in [0.05, 0.1) is 7.11 Å². The van der Waals surface area contributed by atoms with Gasteiger partial charge in [0, 0.05) is 29.3 Å². The molecule has 1 atom stereocenters. The third-order valence-corrected chi connectivity index (χ3v) is 3.90. The van der Waals surface area contributed by atoms with Gasteiger partial charge >= 0.3 is 0 Å². The summed E-state index contributed by atoms with van der Waals surface area (Å²) in [6.07, 6.45) is 0. The summed E-state index contributed by atoms with van der Waals surface area (Å²) < 4.78 is 5.71. The zero-order valence-corrected chi connectivity index (χ0v) is 15.8. The Morgan fingerprint density at radius 3 is 1.87 bits per heavy atom. The molecule has 0 spiro atoms. The van der Waals surface area contributed by atoms with Crippen molar-refractivity contribution in [1.29, 1.82) is 0 Å². The predicted molar refractivity (Wildman–Crippen MR) is 96.4 cm³/mol. The van der Waals surface area contributed by atoms with Gasteiger partial charge in [0.1, 0.15) is 5.75 Å². The van der Waals surface area contributed by atoms with Gasteiger partial charge in [0.2, 0.25) is 0 Å². The Hall–Kier alpha value is -1.55. The number of benzene rings is 1. The quantitative estimate of drug-likeness (QED) is 0.894. The number of ether oxygens (including phenoxy) is 1. The lowest BCUT2D eigenvalue weighted by atomic mass is 9.78. The van der Waals surface area contributed by atoms with Crippen LogP contribution in [0.25, 0.3) is 0 Å². The maximum atomic E-state index is 12.6. The van der Waals surface area contributed by atoms with Gasteiger partial charge in [-0.1, -0.05) is 41.5 Å². The standard InChI is InChI=1S/C19H32N2O2/c1-12(11-20)21-17(22)13-9-14(18(2,3)4)16(23-8)15(10-13)19(5,6)7/h9-10,12H,11,20H2,1-8H3,(H,21,22). The Morgan fingerprint density at radius 1 is 1.13 bits per heavy atom. The molecule has 1 aromatic rings. The number of amides is 1. The number of rotatable bonds is 4. The molecule has 0 fully saturated rings. The molecule has 0 radical (unpaired) electrons. The summed E-state index contributed by atoms with van der Waals surface area (Å²) in [6, 6.07) is 3.82. The minimum absolute atomic E-state index is 0.0548. The smallest absolute Gasteiger partial charge is 0.251 e. The molecule has 0 saturated heterocycles. The van der Waals surface area contributed by atoms with Crippen LogP contribution < -0.4 is 15.8 Å². The van der Waals surface area contributed by atoms with Gasteiger partial charge in [0.25, 0.3) is 5.91 Å². The van der Waals surface area contributed by atoms with E-state index in [9.17, 15) is 4.79 Å². The largest absolute Gasteiger partial charge is 0.496 e. The normalized spacial score (nSPS) is 13.6. The van der Waals surface area contributed by atoms with Crippen LogP contribution in [-0.4, -0.2) is 25.6 Å². The molecule has 4 nitrogen and oxygen atoms in total. The van der Waals surface area contributed by atoms with Gasteiger partial charge in [-0.25, -0.2) is 0 Å². The first-order valence-corrected chi connectivity index (χ1v) is 8.15. The molecular weight excluding hydrogens is 288 g/mol. The molecule has 0 bridgehead atoms. The fourth-order valence-corrected chi connectivity index (χ4v) is 2.46. The summed E-state index contributed by atoms with van der Waals surface area (Å²) in [7, 11) is 1.69. The Morgan fingerprint density at radius 2 is 1.57 bits per heavy atom. The monoisotopic (exact) mass is 320 g/mol. The van der Waals surface area contributed by atoms with Crippen molar-refractivity contribution in [2.75, 3.05) is 13.7 Å². The van der Waals surface area contributed by atoms with Gasteiger partial charge in [-0.2, -0.15) is 0 Å². The van der Waals surface area contributed by atoms with Gasteiger partial charge in [-0.15, -0.1) is 0 Å². The average molecular weight is 320 g/mol. The summed E-state index contributed by atoms with van der Waals surface area (Å²) in [4.78, 5) is 12.6. The molecule has 1 aromatic carbocycles. The first-order valence-electron chi connectivity index (χ1n) is 8.15. The van der Waals surface area contributed by atoms with E-state index < -0.39 is 0 Å². The summed E-state index contributed by atoms with van der Waals surface area (Å²) in [6.45, 7) is 15.1. The van der Waals surface area contributed by atoms with E-state index in [1.807, 2.05) is 19.1 Å². The van der Waals surface area contributed by atoms with E-state index in [1.54, 1.807) is 7.11 Å². The van der Waals surface area contributed by atoms with Crippen LogP contribution in [-0.2, 0) is 10.8 Å². The molecular formula is C19H32N2O2. The number of methoxy groups -OCH3 is 1. The maximum Gasteiger partial charge on any atom is 0.251 e. The highest BCUT2D eigenvalue weighted by Crippen LogP contribution is 2.40. The zero-order chi connectivity index (χ0) is 18.0. The van der Waals surface area contributed by atoms with Crippen molar-refractivity contribution >= 4 is 5.91 Å². The van der Waals surface area contributed by atoms with E-state index >= 15 is 0 Å². The van der Waals surface area contributed by atoms with Crippen LogP contribution in [0.3, 0.4) is 0 Å². The van der Waals surface area contributed by atoms with Crippen LogP contribution in [0.15, 0.2) is 12.1 Å². The summed E-state index contributed by atoms with van der Waals surface area (Å²) in [5, 5.41) is 2.94. The number of hydrogen-bond acceptors (Lipinski definition) is 3. The molecule has 0 aliphatic rings. The number of nitrogens with one attached hydrogen (secondary N) is 1. The number of carbonyl (C=O) groups is 1. The molecule has 0 aliphatic carbocycles. The summed E-state index contributed by atoms with van der Waals surface area (Å²) in [5.41, 5.74) is 8.09. The molecule has 1 amide bonds. The summed E-state index contributed by atoms with van der Waals surface area (Å²) in [5.74, 6) is 0.773. The molecule has 1 rings (SSSR count). The first-order chi connectivity index (χ1) is 10.4. The number of nitrogens with two attached hydrogens (primary N) is 1. The van der Waals surface area contributed by atoms with Gasteiger partial charge in [-0.3, -0.25) is 4.79 Å². The highest BCUT2D eigenvalue weighted by Gasteiger charge is 2.28. The zero-order valence-electron chi connectivity index (χ0n) is 15.8. The minimum atomic E-state index is -0.124. The SMILES string of the molecule is COc1c(C(C)(C)C)cc(C(=O)NC(C)CN)cc1C(C)(C)C. The van der Waals surface area contributed by atoms with E-state index in [0.29, 0.717) is 12.1 Å². The Bertz CT molecular complexity index is 531. The van der Waals surface area contributed by atoms with E-state index in [4.69, 9.17) is 10.5 Å². The van der Waals surface area contributed by atoms with Crippen LogP contribution in [0.5, 0.6) is 5.75 Å². The number of carbonyl (C=O) groups excluding carboxylic acids is 1. The maximum absolute atomic E-state index is 12.6. The van der Waals surface area contributed by atoms with Crippen molar-refractivity contribution in [3.63, 3.8) is 0 Å². The van der Waals surface area contributed by atoms with Crippen molar-refractivity contribution in [2.45, 2.75) is 65.3 Å². The third kappa shape index (κ3) is 4.71. The molecule has 0 aromatic heterocycles. The highest BCUT2D eigenvalue weighted by molar-refractivity contribution is 5.95. The van der Waals surface area contributed by atoms with E-state index in [-0.39, 0.29) is 22.8 Å². The molecule has 4 heteroatoms.